The molecule has 0 aliphatic heterocycles. The quantitative estimate of drug-likeness (QED) is 0.776. The van der Waals surface area contributed by atoms with Gasteiger partial charge in [-0.3, -0.25) is 9.48 Å². The van der Waals surface area contributed by atoms with E-state index in [0.717, 1.165) is 9.87 Å². The fourth-order valence-electron chi connectivity index (χ4n) is 2.57. The lowest BCUT2D eigenvalue weighted by Gasteiger charge is -2.12. The third kappa shape index (κ3) is 4.23. The summed E-state index contributed by atoms with van der Waals surface area (Å²) in [6, 6.07) is 7.40. The van der Waals surface area contributed by atoms with Crippen LogP contribution in [0.25, 0.3) is 0 Å². The SMILES string of the molecule is COc1cccc(CNC(=O)Cn2nc(C)c(S(=O)(=O)N(C)C)c2C)c1. The largest absolute Gasteiger partial charge is 0.497 e. The van der Waals surface area contributed by atoms with E-state index >= 15 is 0 Å². The molecule has 2 rings (SSSR count). The minimum atomic E-state index is -3.61. The van der Waals surface area contributed by atoms with Crippen molar-refractivity contribution in [3.05, 3.63) is 41.2 Å². The van der Waals surface area contributed by atoms with Crippen LogP contribution in [0.15, 0.2) is 29.2 Å². The Morgan fingerprint density at radius 2 is 2.00 bits per heavy atom. The van der Waals surface area contributed by atoms with E-state index in [0.29, 0.717) is 23.7 Å². The molecule has 0 saturated heterocycles. The maximum atomic E-state index is 12.4. The Balaban J connectivity index is 2.10. The molecule has 1 amide bonds. The molecule has 0 aliphatic carbocycles. The molecule has 0 spiro atoms. The maximum Gasteiger partial charge on any atom is 0.246 e. The van der Waals surface area contributed by atoms with Crippen LogP contribution in [-0.2, 0) is 27.9 Å². The average Bonchev–Trinajstić information content (AvgIpc) is 2.87. The van der Waals surface area contributed by atoms with Gasteiger partial charge in [0.25, 0.3) is 0 Å². The van der Waals surface area contributed by atoms with Crippen LogP contribution in [0.2, 0.25) is 0 Å². The molecule has 8 nitrogen and oxygen atoms in total. The van der Waals surface area contributed by atoms with E-state index in [1.807, 2.05) is 24.3 Å². The highest BCUT2D eigenvalue weighted by atomic mass is 32.2. The highest BCUT2D eigenvalue weighted by Gasteiger charge is 2.27. The number of amides is 1. The van der Waals surface area contributed by atoms with Gasteiger partial charge in [0, 0.05) is 20.6 Å². The van der Waals surface area contributed by atoms with E-state index < -0.39 is 10.0 Å². The van der Waals surface area contributed by atoms with Gasteiger partial charge < -0.3 is 10.1 Å². The average molecular weight is 380 g/mol. The summed E-state index contributed by atoms with van der Waals surface area (Å²) in [6.07, 6.45) is 0. The van der Waals surface area contributed by atoms with Crippen molar-refractivity contribution in [1.82, 2.24) is 19.4 Å². The van der Waals surface area contributed by atoms with Crippen LogP contribution in [-0.4, -0.2) is 49.6 Å². The molecule has 142 valence electrons. The topological polar surface area (TPSA) is 93.5 Å². The van der Waals surface area contributed by atoms with Crippen molar-refractivity contribution in [2.45, 2.75) is 31.8 Å². The standard InChI is InChI=1S/C17H24N4O4S/c1-12-17(26(23,24)20(3)4)13(2)21(19-12)11-16(22)18-10-14-7-6-8-15(9-14)25-5/h6-9H,10-11H2,1-5H3,(H,18,22). The second kappa shape index (κ2) is 7.88. The van der Waals surface area contributed by atoms with Crippen LogP contribution >= 0.6 is 0 Å². The van der Waals surface area contributed by atoms with Crippen LogP contribution in [0.3, 0.4) is 0 Å². The predicted octanol–water partition coefficient (Wildman–Crippen LogP) is 1.08. The summed E-state index contributed by atoms with van der Waals surface area (Å²) >= 11 is 0. The minimum absolute atomic E-state index is 0.0560. The second-order valence-electron chi connectivity index (χ2n) is 6.07. The maximum absolute atomic E-state index is 12.4. The van der Waals surface area contributed by atoms with Crippen LogP contribution < -0.4 is 10.1 Å². The summed E-state index contributed by atoms with van der Waals surface area (Å²) in [5.41, 5.74) is 1.71. The van der Waals surface area contributed by atoms with E-state index in [2.05, 4.69) is 10.4 Å². The monoisotopic (exact) mass is 380 g/mol. The number of aryl methyl sites for hydroxylation is 1. The van der Waals surface area contributed by atoms with Crippen molar-refractivity contribution in [2.24, 2.45) is 0 Å². The van der Waals surface area contributed by atoms with E-state index in [1.165, 1.54) is 18.8 Å². The Labute approximate surface area is 153 Å². The number of hydrogen-bond donors (Lipinski definition) is 1. The fourth-order valence-corrected chi connectivity index (χ4v) is 3.82. The number of carbonyl (C=O) groups is 1. The molecule has 0 fully saturated rings. The highest BCUT2D eigenvalue weighted by Crippen LogP contribution is 2.21. The normalized spacial score (nSPS) is 11.6. The molecule has 26 heavy (non-hydrogen) atoms. The Hall–Kier alpha value is -2.39. The minimum Gasteiger partial charge on any atom is -0.497 e. The number of hydrogen-bond acceptors (Lipinski definition) is 5. The highest BCUT2D eigenvalue weighted by molar-refractivity contribution is 7.89. The zero-order valence-corrected chi connectivity index (χ0v) is 16.4. The lowest BCUT2D eigenvalue weighted by atomic mass is 10.2. The molecule has 9 heteroatoms. The van der Waals surface area contributed by atoms with Gasteiger partial charge in [-0.15, -0.1) is 0 Å². The molecule has 1 aromatic carbocycles. The summed E-state index contributed by atoms with van der Waals surface area (Å²) in [4.78, 5) is 12.4. The summed E-state index contributed by atoms with van der Waals surface area (Å²) in [6.45, 7) is 3.55. The van der Waals surface area contributed by atoms with E-state index in [1.54, 1.807) is 21.0 Å². The number of ether oxygens (including phenoxy) is 1. The Kier molecular flexibility index (Phi) is 6.04. The summed E-state index contributed by atoms with van der Waals surface area (Å²) in [5.74, 6) is 0.459. The number of carbonyl (C=O) groups excluding carboxylic acids is 1. The summed E-state index contributed by atoms with van der Waals surface area (Å²) in [5, 5.41) is 7.01. The Morgan fingerprint density at radius 1 is 1.31 bits per heavy atom. The van der Waals surface area contributed by atoms with Crippen molar-refractivity contribution in [3.8, 4) is 5.75 Å². The second-order valence-corrected chi connectivity index (χ2v) is 8.16. The van der Waals surface area contributed by atoms with Gasteiger partial charge in [-0.1, -0.05) is 12.1 Å². The summed E-state index contributed by atoms with van der Waals surface area (Å²) in [7, 11) is 0.901. The molecule has 2 aromatic rings. The number of methoxy groups -OCH3 is 1. The van der Waals surface area contributed by atoms with E-state index in [4.69, 9.17) is 4.74 Å². The van der Waals surface area contributed by atoms with Crippen molar-refractivity contribution in [3.63, 3.8) is 0 Å². The van der Waals surface area contributed by atoms with Crippen molar-refractivity contribution >= 4 is 15.9 Å². The van der Waals surface area contributed by atoms with Gasteiger partial charge in [0.05, 0.1) is 18.5 Å². The number of sulfonamides is 1. The van der Waals surface area contributed by atoms with Gasteiger partial charge in [-0.25, -0.2) is 12.7 Å². The fraction of sp³-hybridized carbons (Fsp3) is 0.412. The lowest BCUT2D eigenvalue weighted by molar-refractivity contribution is -0.122. The third-order valence-corrected chi connectivity index (χ3v) is 6.04. The van der Waals surface area contributed by atoms with Gasteiger partial charge in [-0.05, 0) is 31.5 Å². The van der Waals surface area contributed by atoms with E-state index in [9.17, 15) is 13.2 Å². The van der Waals surface area contributed by atoms with Gasteiger partial charge >= 0.3 is 0 Å². The lowest BCUT2D eigenvalue weighted by Crippen LogP contribution is -2.28. The number of benzene rings is 1. The molecular weight excluding hydrogens is 356 g/mol. The summed E-state index contributed by atoms with van der Waals surface area (Å²) < 4.78 is 32.5. The van der Waals surface area contributed by atoms with Gasteiger partial charge in [0.1, 0.15) is 17.2 Å². The molecule has 1 heterocycles. The zero-order chi connectivity index (χ0) is 19.5. The van der Waals surface area contributed by atoms with Gasteiger partial charge in [0.15, 0.2) is 0 Å². The Morgan fingerprint density at radius 3 is 2.62 bits per heavy atom. The van der Waals surface area contributed by atoms with Gasteiger partial charge in [0.2, 0.25) is 15.9 Å². The number of nitrogens with one attached hydrogen (secondary N) is 1. The number of aromatic nitrogens is 2. The Bertz CT molecular complexity index is 903. The van der Waals surface area contributed by atoms with Crippen molar-refractivity contribution < 1.29 is 17.9 Å². The predicted molar refractivity (Wildman–Crippen MR) is 97.4 cm³/mol. The van der Waals surface area contributed by atoms with E-state index in [-0.39, 0.29) is 17.3 Å². The first kappa shape index (κ1) is 19.9. The number of nitrogens with zero attached hydrogens (tertiary/aromatic N) is 3. The molecule has 0 unspecified atom stereocenters. The van der Waals surface area contributed by atoms with Crippen LogP contribution in [0.4, 0.5) is 0 Å². The molecule has 0 atom stereocenters. The first-order valence-electron chi connectivity index (χ1n) is 8.03. The molecule has 1 N–H and O–H groups in total. The first-order valence-corrected chi connectivity index (χ1v) is 9.47. The first-order chi connectivity index (χ1) is 12.2. The van der Waals surface area contributed by atoms with Crippen molar-refractivity contribution in [1.29, 1.82) is 0 Å². The van der Waals surface area contributed by atoms with Crippen LogP contribution in [0.5, 0.6) is 5.75 Å². The molecular formula is C17H24N4O4S. The van der Waals surface area contributed by atoms with Gasteiger partial charge in [-0.2, -0.15) is 5.10 Å². The van der Waals surface area contributed by atoms with Crippen LogP contribution in [0.1, 0.15) is 17.0 Å². The molecule has 1 aromatic heterocycles. The molecule has 0 saturated carbocycles. The zero-order valence-electron chi connectivity index (χ0n) is 15.6. The molecule has 0 bridgehead atoms. The molecule has 0 aliphatic rings. The third-order valence-electron chi connectivity index (χ3n) is 3.97. The molecule has 0 radical (unpaired) electrons. The van der Waals surface area contributed by atoms with Crippen LogP contribution in [0, 0.1) is 13.8 Å². The van der Waals surface area contributed by atoms with Crippen molar-refractivity contribution in [2.75, 3.05) is 21.2 Å². The smallest absolute Gasteiger partial charge is 0.246 e. The number of rotatable bonds is 7.